The molecular weight excluding hydrogens is 140 g/mol. The van der Waals surface area contributed by atoms with E-state index in [1.807, 2.05) is 6.07 Å². The molecule has 0 bridgehead atoms. The van der Waals surface area contributed by atoms with E-state index in [2.05, 4.69) is 43.8 Å². The van der Waals surface area contributed by atoms with Gasteiger partial charge in [-0.1, -0.05) is 37.3 Å². The van der Waals surface area contributed by atoms with Crippen molar-refractivity contribution < 1.29 is 0 Å². The van der Waals surface area contributed by atoms with Crippen molar-refractivity contribution in [3.8, 4) is 0 Å². The molecule has 0 aliphatic heterocycles. The van der Waals surface area contributed by atoms with Gasteiger partial charge in [0.05, 0.1) is 0 Å². The van der Waals surface area contributed by atoms with E-state index in [1.54, 1.807) is 0 Å². The minimum atomic E-state index is 0.574. The van der Waals surface area contributed by atoms with Crippen molar-refractivity contribution in [3.63, 3.8) is 0 Å². The molecule has 0 aliphatic rings. The summed E-state index contributed by atoms with van der Waals surface area (Å²) in [5.41, 5.74) is 1.37. The van der Waals surface area contributed by atoms with Crippen LogP contribution in [0.5, 0.6) is 0 Å². The normalized spacial score (nSPS) is 13.0. The van der Waals surface area contributed by atoms with Crippen LogP contribution in [-0.4, -0.2) is 5.75 Å². The van der Waals surface area contributed by atoms with E-state index in [1.165, 1.54) is 5.56 Å². The van der Waals surface area contributed by atoms with Gasteiger partial charge in [0.15, 0.2) is 0 Å². The molecule has 0 fully saturated rings. The third-order valence-corrected chi connectivity index (χ3v) is 2.19. The molecule has 1 aromatic rings. The van der Waals surface area contributed by atoms with Gasteiger partial charge in [0.2, 0.25) is 0 Å². The Labute approximate surface area is 67.7 Å². The number of rotatable bonds is 2. The highest BCUT2D eigenvalue weighted by Gasteiger charge is 1.99. The lowest BCUT2D eigenvalue weighted by molar-refractivity contribution is 0.884. The molecule has 0 amide bonds. The number of thiol groups is 1. The summed E-state index contributed by atoms with van der Waals surface area (Å²) in [7, 11) is 0. The molecule has 1 heteroatoms. The Kier molecular flexibility index (Phi) is 2.82. The number of hydrogen-bond donors (Lipinski definition) is 1. The van der Waals surface area contributed by atoms with Crippen LogP contribution in [0.15, 0.2) is 30.3 Å². The summed E-state index contributed by atoms with van der Waals surface area (Å²) < 4.78 is 0. The molecule has 0 radical (unpaired) electrons. The lowest BCUT2D eigenvalue weighted by Gasteiger charge is -2.06. The molecule has 0 aliphatic carbocycles. The molecule has 0 nitrogen and oxygen atoms in total. The molecular formula is C9H12S. The van der Waals surface area contributed by atoms with Gasteiger partial charge in [0.25, 0.3) is 0 Å². The topological polar surface area (TPSA) is 0 Å². The van der Waals surface area contributed by atoms with Crippen LogP contribution >= 0.6 is 12.6 Å². The predicted octanol–water partition coefficient (Wildman–Crippen LogP) is 2.72. The van der Waals surface area contributed by atoms with Gasteiger partial charge < -0.3 is 0 Å². The fourth-order valence-electron chi connectivity index (χ4n) is 0.887. The molecule has 0 unspecified atom stereocenters. The number of benzene rings is 1. The van der Waals surface area contributed by atoms with Crippen molar-refractivity contribution in [1.29, 1.82) is 0 Å². The standard InChI is InChI=1S/C9H12S/c1-8(7-10)9-5-3-2-4-6-9/h2-6,8,10H,7H2,1H3/t8-/m1/s1. The molecule has 54 valence electrons. The first kappa shape index (κ1) is 7.67. The fraction of sp³-hybridized carbons (Fsp3) is 0.333. The highest BCUT2D eigenvalue weighted by atomic mass is 32.1. The zero-order valence-corrected chi connectivity index (χ0v) is 7.01. The van der Waals surface area contributed by atoms with Crippen molar-refractivity contribution >= 4 is 12.6 Å². The maximum atomic E-state index is 4.23. The monoisotopic (exact) mass is 152 g/mol. The van der Waals surface area contributed by atoms with Crippen LogP contribution in [0.25, 0.3) is 0 Å². The summed E-state index contributed by atoms with van der Waals surface area (Å²) in [6, 6.07) is 10.4. The molecule has 0 saturated carbocycles. The largest absolute Gasteiger partial charge is 0.179 e. The van der Waals surface area contributed by atoms with Crippen LogP contribution in [0.2, 0.25) is 0 Å². The third-order valence-electron chi connectivity index (χ3n) is 1.64. The summed E-state index contributed by atoms with van der Waals surface area (Å²) in [4.78, 5) is 0. The molecule has 0 spiro atoms. The highest BCUT2D eigenvalue weighted by Crippen LogP contribution is 2.14. The Bertz CT molecular complexity index is 181. The van der Waals surface area contributed by atoms with E-state index in [0.717, 1.165) is 5.75 Å². The van der Waals surface area contributed by atoms with Crippen molar-refractivity contribution in [2.45, 2.75) is 12.8 Å². The van der Waals surface area contributed by atoms with Crippen molar-refractivity contribution in [3.05, 3.63) is 35.9 Å². The van der Waals surface area contributed by atoms with Gasteiger partial charge in [0.1, 0.15) is 0 Å². The first-order valence-electron chi connectivity index (χ1n) is 3.50. The summed E-state index contributed by atoms with van der Waals surface area (Å²) >= 11 is 4.23. The van der Waals surface area contributed by atoms with Crippen molar-refractivity contribution in [2.75, 3.05) is 5.75 Å². The minimum absolute atomic E-state index is 0.574. The zero-order valence-electron chi connectivity index (χ0n) is 6.12. The van der Waals surface area contributed by atoms with E-state index in [0.29, 0.717) is 5.92 Å². The molecule has 1 atom stereocenters. The Balaban J connectivity index is 2.75. The molecule has 10 heavy (non-hydrogen) atoms. The fourth-order valence-corrected chi connectivity index (χ4v) is 1.10. The first-order valence-corrected chi connectivity index (χ1v) is 4.13. The maximum Gasteiger partial charge on any atom is -0.00315 e. The van der Waals surface area contributed by atoms with E-state index >= 15 is 0 Å². The second-order valence-corrected chi connectivity index (χ2v) is 2.86. The molecule has 0 saturated heterocycles. The lowest BCUT2D eigenvalue weighted by Crippen LogP contribution is -1.92. The first-order chi connectivity index (χ1) is 4.84. The van der Waals surface area contributed by atoms with Gasteiger partial charge in [-0.15, -0.1) is 0 Å². The average Bonchev–Trinajstić information content (AvgIpc) is 2.05. The van der Waals surface area contributed by atoms with E-state index in [9.17, 15) is 0 Å². The van der Waals surface area contributed by atoms with Gasteiger partial charge in [0, 0.05) is 0 Å². The van der Waals surface area contributed by atoms with Crippen LogP contribution < -0.4 is 0 Å². The maximum absolute atomic E-state index is 4.23. The molecule has 1 rings (SSSR count). The predicted molar refractivity (Wildman–Crippen MR) is 48.7 cm³/mol. The minimum Gasteiger partial charge on any atom is -0.179 e. The van der Waals surface area contributed by atoms with Crippen LogP contribution in [-0.2, 0) is 0 Å². The van der Waals surface area contributed by atoms with Gasteiger partial charge in [-0.25, -0.2) is 0 Å². The second-order valence-electron chi connectivity index (χ2n) is 2.49. The Hall–Kier alpha value is -0.430. The van der Waals surface area contributed by atoms with E-state index < -0.39 is 0 Å². The summed E-state index contributed by atoms with van der Waals surface area (Å²) in [5, 5.41) is 0. The second kappa shape index (κ2) is 3.67. The van der Waals surface area contributed by atoms with Gasteiger partial charge in [-0.05, 0) is 17.2 Å². The van der Waals surface area contributed by atoms with Crippen LogP contribution in [0, 0.1) is 0 Å². The summed E-state index contributed by atoms with van der Waals surface area (Å²) in [5.74, 6) is 1.49. The summed E-state index contributed by atoms with van der Waals surface area (Å²) in [6.45, 7) is 2.18. The van der Waals surface area contributed by atoms with Crippen LogP contribution in [0.4, 0.5) is 0 Å². The van der Waals surface area contributed by atoms with Crippen molar-refractivity contribution in [1.82, 2.24) is 0 Å². The average molecular weight is 152 g/mol. The summed E-state index contributed by atoms with van der Waals surface area (Å²) in [6.07, 6.45) is 0. The van der Waals surface area contributed by atoms with E-state index in [-0.39, 0.29) is 0 Å². The van der Waals surface area contributed by atoms with Crippen LogP contribution in [0.1, 0.15) is 18.4 Å². The molecule has 0 heterocycles. The quantitative estimate of drug-likeness (QED) is 0.619. The van der Waals surface area contributed by atoms with Gasteiger partial charge >= 0.3 is 0 Å². The SMILES string of the molecule is C[C@H](CS)c1ccccc1. The highest BCUT2D eigenvalue weighted by molar-refractivity contribution is 7.80. The van der Waals surface area contributed by atoms with Gasteiger partial charge in [-0.2, -0.15) is 12.6 Å². The Morgan fingerprint density at radius 1 is 1.30 bits per heavy atom. The van der Waals surface area contributed by atoms with Crippen molar-refractivity contribution in [2.24, 2.45) is 0 Å². The smallest absolute Gasteiger partial charge is 0.00315 e. The Morgan fingerprint density at radius 3 is 2.40 bits per heavy atom. The molecule has 0 aromatic heterocycles. The van der Waals surface area contributed by atoms with E-state index in [4.69, 9.17) is 0 Å². The Morgan fingerprint density at radius 2 is 1.90 bits per heavy atom. The third kappa shape index (κ3) is 1.77. The van der Waals surface area contributed by atoms with Crippen LogP contribution in [0.3, 0.4) is 0 Å². The lowest BCUT2D eigenvalue weighted by atomic mass is 10.0. The number of hydrogen-bond acceptors (Lipinski definition) is 1. The molecule has 1 aromatic carbocycles. The zero-order chi connectivity index (χ0) is 7.40. The molecule has 0 N–H and O–H groups in total. The van der Waals surface area contributed by atoms with Gasteiger partial charge in [-0.3, -0.25) is 0 Å².